The predicted octanol–water partition coefficient (Wildman–Crippen LogP) is 3.29. The van der Waals surface area contributed by atoms with E-state index in [2.05, 4.69) is 41.6 Å². The maximum absolute atomic E-state index is 12.4. The maximum Gasteiger partial charge on any atom is 0.243 e. The van der Waals surface area contributed by atoms with Gasteiger partial charge in [-0.25, -0.2) is 18.1 Å². The van der Waals surface area contributed by atoms with Gasteiger partial charge in [0.15, 0.2) is 0 Å². The van der Waals surface area contributed by atoms with E-state index in [-0.39, 0.29) is 11.4 Å². The minimum Gasteiger partial charge on any atom is -0.399 e. The lowest BCUT2D eigenvalue weighted by atomic mass is 10.3. The second kappa shape index (κ2) is 6.74. The summed E-state index contributed by atoms with van der Waals surface area (Å²) < 4.78 is 28.2. The normalized spacial score (nSPS) is 11.8. The van der Waals surface area contributed by atoms with Crippen LogP contribution in [0.2, 0.25) is 0 Å². The highest BCUT2D eigenvalue weighted by Gasteiger charge is 2.22. The number of nitrogens with zero attached hydrogens (tertiary/aromatic N) is 1. The summed E-state index contributed by atoms with van der Waals surface area (Å²) in [6, 6.07) is 3.11. The summed E-state index contributed by atoms with van der Waals surface area (Å²) in [5.74, 6) is 0. The second-order valence-electron chi connectivity index (χ2n) is 4.21. The quantitative estimate of drug-likeness (QED) is 0.678. The molecule has 3 N–H and O–H groups in total. The van der Waals surface area contributed by atoms with Crippen molar-refractivity contribution in [1.29, 1.82) is 0 Å². The molecule has 0 aliphatic carbocycles. The van der Waals surface area contributed by atoms with E-state index in [1.165, 1.54) is 11.3 Å². The second-order valence-corrected chi connectivity index (χ2v) is 8.82. The Kier molecular flexibility index (Phi) is 5.42. The van der Waals surface area contributed by atoms with Crippen molar-refractivity contribution in [3.05, 3.63) is 37.2 Å². The molecule has 114 valence electrons. The molecular formula is C12H13Br2N3O2S2. The van der Waals surface area contributed by atoms with Gasteiger partial charge in [0.2, 0.25) is 10.0 Å². The molecule has 0 amide bonds. The van der Waals surface area contributed by atoms with Gasteiger partial charge in [-0.15, -0.1) is 11.3 Å². The number of sulfonamides is 1. The van der Waals surface area contributed by atoms with E-state index < -0.39 is 10.0 Å². The number of thiazole rings is 1. The molecule has 0 fully saturated rings. The number of rotatable bonds is 5. The van der Waals surface area contributed by atoms with Gasteiger partial charge < -0.3 is 5.73 Å². The van der Waals surface area contributed by atoms with Gasteiger partial charge in [0, 0.05) is 25.7 Å². The van der Waals surface area contributed by atoms with Gasteiger partial charge in [0.05, 0.1) is 6.54 Å². The van der Waals surface area contributed by atoms with Crippen LogP contribution in [0.4, 0.5) is 5.69 Å². The molecule has 0 radical (unpaired) electrons. The van der Waals surface area contributed by atoms with Crippen LogP contribution in [0.25, 0.3) is 0 Å². The van der Waals surface area contributed by atoms with Crippen LogP contribution in [0.3, 0.4) is 0 Å². The first kappa shape index (κ1) is 16.9. The monoisotopic (exact) mass is 453 g/mol. The Bertz CT molecular complexity index is 737. The summed E-state index contributed by atoms with van der Waals surface area (Å²) in [6.45, 7) is 2.19. The Labute approximate surface area is 144 Å². The molecule has 5 nitrogen and oxygen atoms in total. The van der Waals surface area contributed by atoms with Crippen molar-refractivity contribution in [1.82, 2.24) is 9.71 Å². The van der Waals surface area contributed by atoms with Crippen LogP contribution in [0.5, 0.6) is 0 Å². The van der Waals surface area contributed by atoms with E-state index in [1.54, 1.807) is 18.3 Å². The Morgan fingerprint density at radius 1 is 1.33 bits per heavy atom. The average molecular weight is 455 g/mol. The van der Waals surface area contributed by atoms with Gasteiger partial charge in [0.25, 0.3) is 0 Å². The van der Waals surface area contributed by atoms with Crippen molar-refractivity contribution < 1.29 is 8.42 Å². The molecule has 9 heteroatoms. The van der Waals surface area contributed by atoms with Gasteiger partial charge in [-0.2, -0.15) is 0 Å². The fourth-order valence-corrected chi connectivity index (χ4v) is 6.15. The molecule has 21 heavy (non-hydrogen) atoms. The summed E-state index contributed by atoms with van der Waals surface area (Å²) in [6.07, 6.45) is 2.66. The summed E-state index contributed by atoms with van der Waals surface area (Å²) in [4.78, 5) is 5.44. The van der Waals surface area contributed by atoms with Crippen LogP contribution in [0.15, 0.2) is 32.2 Å². The van der Waals surface area contributed by atoms with Crippen LogP contribution in [0, 0.1) is 0 Å². The molecule has 2 rings (SSSR count). The zero-order chi connectivity index (χ0) is 15.6. The first-order valence-corrected chi connectivity index (χ1v) is 9.90. The van der Waals surface area contributed by atoms with E-state index in [9.17, 15) is 8.42 Å². The predicted molar refractivity (Wildman–Crippen MR) is 91.8 cm³/mol. The first-order chi connectivity index (χ1) is 9.83. The van der Waals surface area contributed by atoms with Crippen LogP contribution < -0.4 is 10.5 Å². The van der Waals surface area contributed by atoms with Crippen molar-refractivity contribution >= 4 is 58.9 Å². The molecular weight excluding hydrogens is 442 g/mol. The van der Waals surface area contributed by atoms with E-state index in [4.69, 9.17) is 5.73 Å². The zero-order valence-electron chi connectivity index (χ0n) is 11.1. The van der Waals surface area contributed by atoms with Gasteiger partial charge in [-0.1, -0.05) is 6.92 Å². The van der Waals surface area contributed by atoms with Crippen LogP contribution in [0.1, 0.15) is 16.8 Å². The molecule has 0 saturated heterocycles. The number of benzene rings is 1. The van der Waals surface area contributed by atoms with E-state index >= 15 is 0 Å². The summed E-state index contributed by atoms with van der Waals surface area (Å²) in [7, 11) is -3.67. The maximum atomic E-state index is 12.4. The lowest BCUT2D eigenvalue weighted by molar-refractivity contribution is 0.580. The van der Waals surface area contributed by atoms with Crippen molar-refractivity contribution in [3.63, 3.8) is 0 Å². The lowest BCUT2D eigenvalue weighted by Crippen LogP contribution is -2.24. The third-order valence-electron chi connectivity index (χ3n) is 2.65. The number of nitrogens with one attached hydrogen (secondary N) is 1. The summed E-state index contributed by atoms with van der Waals surface area (Å²) in [5.41, 5.74) is 6.14. The smallest absolute Gasteiger partial charge is 0.243 e. The number of nitrogen functional groups attached to an aromatic ring is 1. The van der Waals surface area contributed by atoms with Gasteiger partial charge in [-0.05, 0) is 50.4 Å². The SMILES string of the molecule is CCc1cnc(CNS(=O)(=O)c2c(Br)cc(N)cc2Br)s1. The minimum atomic E-state index is -3.67. The molecule has 2 aromatic rings. The number of hydrogen-bond donors (Lipinski definition) is 2. The highest BCUT2D eigenvalue weighted by molar-refractivity contribution is 9.11. The van der Waals surface area contributed by atoms with Crippen molar-refractivity contribution in [3.8, 4) is 0 Å². The largest absolute Gasteiger partial charge is 0.399 e. The standard InChI is InChI=1S/C12H13Br2N3O2S2/c1-2-8-5-16-11(20-8)6-17-21(18,19)12-9(13)3-7(15)4-10(12)14/h3-5,17H,2,6,15H2,1H3. The van der Waals surface area contributed by atoms with E-state index in [0.29, 0.717) is 14.6 Å². The molecule has 1 aromatic heterocycles. The van der Waals surface area contributed by atoms with Gasteiger partial charge in [0.1, 0.15) is 9.90 Å². The van der Waals surface area contributed by atoms with E-state index in [1.807, 2.05) is 6.92 Å². The van der Waals surface area contributed by atoms with Crippen LogP contribution in [-0.4, -0.2) is 13.4 Å². The summed E-state index contributed by atoms with van der Waals surface area (Å²) in [5, 5.41) is 0.734. The molecule has 1 aromatic carbocycles. The highest BCUT2D eigenvalue weighted by Crippen LogP contribution is 2.32. The molecule has 0 bridgehead atoms. The number of hydrogen-bond acceptors (Lipinski definition) is 5. The number of aromatic nitrogens is 1. The zero-order valence-corrected chi connectivity index (χ0v) is 15.9. The summed E-state index contributed by atoms with van der Waals surface area (Å²) >= 11 is 7.96. The lowest BCUT2D eigenvalue weighted by Gasteiger charge is -2.10. The average Bonchev–Trinajstić information content (AvgIpc) is 2.82. The molecule has 0 unspecified atom stereocenters. The number of aryl methyl sites for hydroxylation is 1. The fraction of sp³-hybridized carbons (Fsp3) is 0.250. The molecule has 0 aliphatic heterocycles. The van der Waals surface area contributed by atoms with Gasteiger partial charge >= 0.3 is 0 Å². The first-order valence-electron chi connectivity index (χ1n) is 6.01. The number of halogens is 2. The molecule has 0 saturated carbocycles. The molecule has 0 atom stereocenters. The van der Waals surface area contributed by atoms with E-state index in [0.717, 1.165) is 16.3 Å². The van der Waals surface area contributed by atoms with Crippen molar-refractivity contribution in [2.75, 3.05) is 5.73 Å². The topological polar surface area (TPSA) is 85.1 Å². The molecule has 0 spiro atoms. The Balaban J connectivity index is 2.23. The van der Waals surface area contributed by atoms with Gasteiger partial charge in [-0.3, -0.25) is 0 Å². The van der Waals surface area contributed by atoms with Crippen molar-refractivity contribution in [2.45, 2.75) is 24.8 Å². The Morgan fingerprint density at radius 2 is 1.95 bits per heavy atom. The third kappa shape index (κ3) is 4.04. The third-order valence-corrected chi connectivity index (χ3v) is 7.07. The molecule has 1 heterocycles. The Morgan fingerprint density at radius 3 is 2.48 bits per heavy atom. The van der Waals surface area contributed by atoms with Crippen molar-refractivity contribution in [2.24, 2.45) is 0 Å². The van der Waals surface area contributed by atoms with Crippen LogP contribution >= 0.6 is 43.2 Å². The fourth-order valence-electron chi connectivity index (χ4n) is 1.66. The minimum absolute atomic E-state index is 0.129. The number of anilines is 1. The number of nitrogens with two attached hydrogens (primary N) is 1. The molecule has 0 aliphatic rings. The Hall–Kier alpha value is -0.480. The van der Waals surface area contributed by atoms with Crippen LogP contribution in [-0.2, 0) is 23.0 Å². The highest BCUT2D eigenvalue weighted by atomic mass is 79.9.